The summed E-state index contributed by atoms with van der Waals surface area (Å²) in [7, 11) is 0. The lowest BCUT2D eigenvalue weighted by Crippen LogP contribution is -1.96. The molecule has 0 saturated heterocycles. The predicted molar refractivity (Wildman–Crippen MR) is 97.7 cm³/mol. The van der Waals surface area contributed by atoms with Gasteiger partial charge in [0.05, 0.1) is 0 Å². The average Bonchev–Trinajstić information content (AvgIpc) is 2.89. The Morgan fingerprint density at radius 1 is 0.739 bits per heavy atom. The Labute approximate surface area is 135 Å². The van der Waals surface area contributed by atoms with Crippen molar-refractivity contribution < 1.29 is 4.42 Å². The predicted octanol–water partition coefficient (Wildman–Crippen LogP) is 6.25. The van der Waals surface area contributed by atoms with Crippen LogP contribution in [0.25, 0.3) is 21.9 Å². The lowest BCUT2D eigenvalue weighted by molar-refractivity contribution is 0.669. The number of fused-ring (bicyclic) bond motifs is 3. The summed E-state index contributed by atoms with van der Waals surface area (Å²) >= 11 is 0. The van der Waals surface area contributed by atoms with Crippen LogP contribution in [0, 0.1) is 20.8 Å². The third kappa shape index (κ3) is 2.36. The van der Waals surface area contributed by atoms with Gasteiger partial charge in [-0.2, -0.15) is 0 Å². The van der Waals surface area contributed by atoms with E-state index in [1.165, 1.54) is 22.4 Å². The van der Waals surface area contributed by atoms with Crippen LogP contribution in [0.15, 0.2) is 59.0 Å². The van der Waals surface area contributed by atoms with Crippen LogP contribution in [0.3, 0.4) is 0 Å². The molecule has 0 atom stereocenters. The van der Waals surface area contributed by atoms with E-state index in [1.807, 2.05) is 24.3 Å². The molecule has 0 bridgehead atoms. The molecule has 1 aromatic heterocycles. The summed E-state index contributed by atoms with van der Waals surface area (Å²) in [6, 6.07) is 18.9. The van der Waals surface area contributed by atoms with Gasteiger partial charge in [-0.05, 0) is 56.2 Å². The molecule has 0 radical (unpaired) electrons. The zero-order valence-corrected chi connectivity index (χ0v) is 13.6. The van der Waals surface area contributed by atoms with Crippen molar-refractivity contribution in [2.75, 3.05) is 5.32 Å². The second kappa shape index (κ2) is 5.17. The minimum absolute atomic E-state index is 0.925. The van der Waals surface area contributed by atoms with E-state index < -0.39 is 0 Å². The first-order valence-corrected chi connectivity index (χ1v) is 7.88. The maximum atomic E-state index is 5.89. The Hall–Kier alpha value is -2.74. The fourth-order valence-electron chi connectivity index (χ4n) is 3.33. The second-order valence-corrected chi connectivity index (χ2v) is 6.21. The van der Waals surface area contributed by atoms with E-state index in [2.05, 4.69) is 56.4 Å². The standard InChI is InChI=1S/C21H19NO/c1-13-10-14(2)21(15(3)11-13)22-16-8-9-20-18(12-16)17-6-4-5-7-19(17)23-20/h4-12,22H,1-3H3. The number of para-hydroxylation sites is 1. The van der Waals surface area contributed by atoms with Gasteiger partial charge in [0.15, 0.2) is 0 Å². The molecule has 2 nitrogen and oxygen atoms in total. The molecule has 0 amide bonds. The number of nitrogens with one attached hydrogen (secondary N) is 1. The van der Waals surface area contributed by atoms with Crippen LogP contribution in [0.1, 0.15) is 16.7 Å². The van der Waals surface area contributed by atoms with E-state index >= 15 is 0 Å². The first-order chi connectivity index (χ1) is 11.1. The Bertz CT molecular complexity index is 1000. The van der Waals surface area contributed by atoms with Crippen molar-refractivity contribution >= 4 is 33.3 Å². The molecule has 23 heavy (non-hydrogen) atoms. The Balaban J connectivity index is 1.82. The van der Waals surface area contributed by atoms with Gasteiger partial charge < -0.3 is 9.73 Å². The second-order valence-electron chi connectivity index (χ2n) is 6.21. The van der Waals surface area contributed by atoms with Gasteiger partial charge in [0.1, 0.15) is 11.2 Å². The quantitative estimate of drug-likeness (QED) is 0.473. The lowest BCUT2D eigenvalue weighted by atomic mass is 10.0. The van der Waals surface area contributed by atoms with Gasteiger partial charge >= 0.3 is 0 Å². The minimum Gasteiger partial charge on any atom is -0.456 e. The molecule has 0 saturated carbocycles. The number of furan rings is 1. The Morgan fingerprint density at radius 2 is 1.43 bits per heavy atom. The van der Waals surface area contributed by atoms with E-state index in [1.54, 1.807) is 0 Å². The van der Waals surface area contributed by atoms with E-state index in [0.717, 1.165) is 27.6 Å². The molecule has 4 rings (SSSR count). The fourth-order valence-corrected chi connectivity index (χ4v) is 3.33. The van der Waals surface area contributed by atoms with Crippen molar-refractivity contribution in [3.63, 3.8) is 0 Å². The first kappa shape index (κ1) is 13.9. The molecule has 0 aliphatic heterocycles. The molecule has 114 valence electrons. The molecule has 4 aromatic rings. The number of hydrogen-bond donors (Lipinski definition) is 1. The van der Waals surface area contributed by atoms with Gasteiger partial charge in [-0.25, -0.2) is 0 Å². The number of anilines is 2. The van der Waals surface area contributed by atoms with E-state index in [0.29, 0.717) is 0 Å². The summed E-state index contributed by atoms with van der Waals surface area (Å²) in [6.45, 7) is 6.43. The Kier molecular flexibility index (Phi) is 3.12. The molecule has 0 spiro atoms. The van der Waals surface area contributed by atoms with E-state index in [4.69, 9.17) is 4.42 Å². The smallest absolute Gasteiger partial charge is 0.135 e. The highest BCUT2D eigenvalue weighted by Crippen LogP contribution is 2.32. The largest absolute Gasteiger partial charge is 0.456 e. The lowest BCUT2D eigenvalue weighted by Gasteiger charge is -2.14. The summed E-state index contributed by atoms with van der Waals surface area (Å²) < 4.78 is 5.89. The number of benzene rings is 3. The Morgan fingerprint density at radius 3 is 2.22 bits per heavy atom. The van der Waals surface area contributed by atoms with Crippen molar-refractivity contribution in [3.05, 3.63) is 71.3 Å². The minimum atomic E-state index is 0.925. The summed E-state index contributed by atoms with van der Waals surface area (Å²) in [6.07, 6.45) is 0. The van der Waals surface area contributed by atoms with Crippen LogP contribution in [-0.2, 0) is 0 Å². The highest BCUT2D eigenvalue weighted by Gasteiger charge is 2.09. The van der Waals surface area contributed by atoms with Gasteiger partial charge in [0.2, 0.25) is 0 Å². The molecule has 3 aromatic carbocycles. The third-order valence-corrected chi connectivity index (χ3v) is 4.32. The monoisotopic (exact) mass is 301 g/mol. The van der Waals surface area contributed by atoms with Gasteiger partial charge in [0, 0.05) is 22.1 Å². The van der Waals surface area contributed by atoms with Crippen molar-refractivity contribution in [1.82, 2.24) is 0 Å². The van der Waals surface area contributed by atoms with E-state index in [9.17, 15) is 0 Å². The van der Waals surface area contributed by atoms with Crippen molar-refractivity contribution in [1.29, 1.82) is 0 Å². The van der Waals surface area contributed by atoms with Gasteiger partial charge in [-0.15, -0.1) is 0 Å². The fraction of sp³-hybridized carbons (Fsp3) is 0.143. The normalized spacial score (nSPS) is 11.3. The zero-order valence-electron chi connectivity index (χ0n) is 13.6. The molecule has 0 aliphatic carbocycles. The summed E-state index contributed by atoms with van der Waals surface area (Å²) in [5.41, 5.74) is 7.94. The van der Waals surface area contributed by atoms with Crippen LogP contribution < -0.4 is 5.32 Å². The summed E-state index contributed by atoms with van der Waals surface area (Å²) in [4.78, 5) is 0. The zero-order chi connectivity index (χ0) is 16.0. The third-order valence-electron chi connectivity index (χ3n) is 4.32. The topological polar surface area (TPSA) is 25.2 Å². The average molecular weight is 301 g/mol. The highest BCUT2D eigenvalue weighted by atomic mass is 16.3. The van der Waals surface area contributed by atoms with Crippen LogP contribution in [-0.4, -0.2) is 0 Å². The molecular formula is C21H19NO. The number of rotatable bonds is 2. The van der Waals surface area contributed by atoms with Crippen molar-refractivity contribution in [2.24, 2.45) is 0 Å². The molecule has 0 unspecified atom stereocenters. The molecular weight excluding hydrogens is 282 g/mol. The molecule has 1 heterocycles. The van der Waals surface area contributed by atoms with Crippen LogP contribution in [0.5, 0.6) is 0 Å². The first-order valence-electron chi connectivity index (χ1n) is 7.88. The van der Waals surface area contributed by atoms with Crippen LogP contribution in [0.2, 0.25) is 0 Å². The van der Waals surface area contributed by atoms with Crippen LogP contribution in [0.4, 0.5) is 11.4 Å². The van der Waals surface area contributed by atoms with Gasteiger partial charge in [-0.1, -0.05) is 35.9 Å². The SMILES string of the molecule is Cc1cc(C)c(Nc2ccc3oc4ccccc4c3c2)c(C)c1. The van der Waals surface area contributed by atoms with E-state index in [-0.39, 0.29) is 0 Å². The molecule has 0 aliphatic rings. The molecule has 2 heteroatoms. The maximum absolute atomic E-state index is 5.89. The van der Waals surface area contributed by atoms with Crippen molar-refractivity contribution in [3.8, 4) is 0 Å². The molecule has 0 fully saturated rings. The van der Waals surface area contributed by atoms with Crippen molar-refractivity contribution in [2.45, 2.75) is 20.8 Å². The summed E-state index contributed by atoms with van der Waals surface area (Å²) in [5.74, 6) is 0. The van der Waals surface area contributed by atoms with Gasteiger partial charge in [0.25, 0.3) is 0 Å². The van der Waals surface area contributed by atoms with Crippen LogP contribution >= 0.6 is 0 Å². The molecule has 1 N–H and O–H groups in total. The number of hydrogen-bond acceptors (Lipinski definition) is 2. The highest BCUT2D eigenvalue weighted by molar-refractivity contribution is 6.06. The maximum Gasteiger partial charge on any atom is 0.135 e. The summed E-state index contributed by atoms with van der Waals surface area (Å²) in [5, 5.41) is 5.87. The van der Waals surface area contributed by atoms with Gasteiger partial charge in [-0.3, -0.25) is 0 Å². The number of aryl methyl sites for hydroxylation is 3.